The topological polar surface area (TPSA) is 47.7 Å². The van der Waals surface area contributed by atoms with E-state index in [2.05, 4.69) is 23.1 Å². The number of nitrogens with zero attached hydrogens (tertiary/aromatic N) is 1. The van der Waals surface area contributed by atoms with Gasteiger partial charge in [0.15, 0.2) is 0 Å². The minimum atomic E-state index is -4.51. The Bertz CT molecular complexity index is 1190. The van der Waals surface area contributed by atoms with Crippen LogP contribution in [0.5, 0.6) is 5.75 Å². The largest absolute Gasteiger partial charge is 0.490 e. The zero-order valence-corrected chi connectivity index (χ0v) is 23.5. The molecule has 1 unspecified atom stereocenters. The Morgan fingerprint density at radius 1 is 0.950 bits per heavy atom. The van der Waals surface area contributed by atoms with Crippen molar-refractivity contribution in [3.63, 3.8) is 0 Å². The van der Waals surface area contributed by atoms with Gasteiger partial charge in [0, 0.05) is 26.1 Å². The molecule has 1 heterocycles. The normalized spacial score (nSPS) is 16.0. The predicted octanol–water partition coefficient (Wildman–Crippen LogP) is 7.14. The van der Waals surface area contributed by atoms with Crippen molar-refractivity contribution in [3.05, 3.63) is 100 Å². The lowest BCUT2D eigenvalue weighted by molar-refractivity contribution is -0.137. The minimum Gasteiger partial charge on any atom is -0.490 e. The van der Waals surface area contributed by atoms with Crippen LogP contribution in [0.3, 0.4) is 0 Å². The van der Waals surface area contributed by atoms with Gasteiger partial charge in [-0.25, -0.2) is 0 Å². The van der Waals surface area contributed by atoms with Gasteiger partial charge in [-0.1, -0.05) is 66.2 Å². The summed E-state index contributed by atoms with van der Waals surface area (Å²) < 4.78 is 52.4. The quantitative estimate of drug-likeness (QED) is 0.236. The summed E-state index contributed by atoms with van der Waals surface area (Å²) in [6.45, 7) is 4.86. The van der Waals surface area contributed by atoms with Crippen molar-refractivity contribution in [3.8, 4) is 5.75 Å². The van der Waals surface area contributed by atoms with Crippen molar-refractivity contribution >= 4 is 11.6 Å². The van der Waals surface area contributed by atoms with Crippen LogP contribution >= 0.6 is 11.6 Å². The zero-order valence-electron chi connectivity index (χ0n) is 22.7. The summed E-state index contributed by atoms with van der Waals surface area (Å²) in [7, 11) is 0. The third kappa shape index (κ3) is 8.96. The fourth-order valence-corrected chi connectivity index (χ4v) is 5.53. The third-order valence-electron chi connectivity index (χ3n) is 7.49. The zero-order chi connectivity index (χ0) is 28.4. The molecule has 2 atom stereocenters. The second-order valence-corrected chi connectivity index (χ2v) is 10.7. The molecule has 2 N–H and O–H groups in total. The first-order valence-electron chi connectivity index (χ1n) is 14.0. The highest BCUT2D eigenvalue weighted by Gasteiger charge is 2.34. The van der Waals surface area contributed by atoms with E-state index in [1.165, 1.54) is 11.6 Å². The number of halogens is 4. The molecule has 3 aromatic carbocycles. The SMILES string of the molecule is NC[C@@H](CCCC(Cc1cccc(C(F)(F)F)c1Cl)Oc1cccc(CCN2CCOCC2)c1)c1ccccc1. The van der Waals surface area contributed by atoms with Gasteiger partial charge in [-0.05, 0) is 73.0 Å². The standard InChI is InChI=1S/C32H38ClF3N2O2/c33-31-26(10-6-14-30(31)32(34,35)36)22-29(13-5-11-27(23-37)25-8-2-1-3-9-25)40-28-12-4-7-24(21-28)15-16-38-17-19-39-20-18-38/h1-4,6-10,12,14,21,27,29H,5,11,13,15-20,22-23,37H2/t27-,29?/m1/s1. The van der Waals surface area contributed by atoms with Crippen LogP contribution in [0.2, 0.25) is 5.02 Å². The van der Waals surface area contributed by atoms with Crippen molar-refractivity contribution in [2.24, 2.45) is 5.73 Å². The average molecular weight is 575 g/mol. The first kappa shape index (κ1) is 30.4. The predicted molar refractivity (Wildman–Crippen MR) is 154 cm³/mol. The average Bonchev–Trinajstić information content (AvgIpc) is 2.96. The van der Waals surface area contributed by atoms with Crippen molar-refractivity contribution in [2.75, 3.05) is 39.4 Å². The van der Waals surface area contributed by atoms with Crippen molar-refractivity contribution in [1.29, 1.82) is 0 Å². The van der Waals surface area contributed by atoms with E-state index in [1.54, 1.807) is 6.07 Å². The monoisotopic (exact) mass is 574 g/mol. The van der Waals surface area contributed by atoms with Crippen LogP contribution in [-0.2, 0) is 23.8 Å². The first-order valence-corrected chi connectivity index (χ1v) is 14.4. The van der Waals surface area contributed by atoms with Crippen LogP contribution in [0.15, 0.2) is 72.8 Å². The number of hydrogen-bond donors (Lipinski definition) is 1. The number of alkyl halides is 3. The van der Waals surface area contributed by atoms with E-state index in [-0.39, 0.29) is 23.5 Å². The maximum absolute atomic E-state index is 13.5. The van der Waals surface area contributed by atoms with Crippen LogP contribution < -0.4 is 10.5 Å². The van der Waals surface area contributed by atoms with E-state index in [0.29, 0.717) is 24.3 Å². The van der Waals surface area contributed by atoms with Gasteiger partial charge in [0.1, 0.15) is 11.9 Å². The van der Waals surface area contributed by atoms with Gasteiger partial charge in [0.2, 0.25) is 0 Å². The molecule has 4 rings (SSSR count). The first-order chi connectivity index (χ1) is 19.3. The Morgan fingerprint density at radius 2 is 1.70 bits per heavy atom. The van der Waals surface area contributed by atoms with E-state index in [4.69, 9.17) is 26.8 Å². The van der Waals surface area contributed by atoms with Gasteiger partial charge in [-0.15, -0.1) is 0 Å². The van der Waals surface area contributed by atoms with Crippen LogP contribution in [0.1, 0.15) is 47.4 Å². The van der Waals surface area contributed by atoms with E-state index < -0.39 is 11.7 Å². The third-order valence-corrected chi connectivity index (χ3v) is 7.93. The highest BCUT2D eigenvalue weighted by Crippen LogP contribution is 2.37. The van der Waals surface area contributed by atoms with Gasteiger partial charge < -0.3 is 15.2 Å². The van der Waals surface area contributed by atoms with Crippen molar-refractivity contribution < 1.29 is 22.6 Å². The molecule has 0 radical (unpaired) electrons. The molecule has 1 fully saturated rings. The molecule has 0 aromatic heterocycles. The molecular formula is C32H38ClF3N2O2. The maximum atomic E-state index is 13.5. The summed E-state index contributed by atoms with van der Waals surface area (Å²) in [5.74, 6) is 0.925. The summed E-state index contributed by atoms with van der Waals surface area (Å²) in [5.41, 5.74) is 8.05. The minimum absolute atomic E-state index is 0.211. The number of morpholine rings is 1. The Labute approximate surface area is 240 Å². The van der Waals surface area contributed by atoms with Crippen LogP contribution in [0.4, 0.5) is 13.2 Å². The lowest BCUT2D eigenvalue weighted by Gasteiger charge is -2.26. The summed E-state index contributed by atoms with van der Waals surface area (Å²) in [6.07, 6.45) is -1.36. The van der Waals surface area contributed by atoms with Gasteiger partial charge in [-0.2, -0.15) is 13.2 Å². The van der Waals surface area contributed by atoms with Gasteiger partial charge in [-0.3, -0.25) is 4.90 Å². The fourth-order valence-electron chi connectivity index (χ4n) is 5.22. The Morgan fingerprint density at radius 3 is 2.42 bits per heavy atom. The molecule has 216 valence electrons. The molecule has 3 aromatic rings. The van der Waals surface area contributed by atoms with E-state index in [0.717, 1.165) is 63.7 Å². The fraction of sp³-hybridized carbons (Fsp3) is 0.438. The van der Waals surface area contributed by atoms with E-state index >= 15 is 0 Å². The molecule has 8 heteroatoms. The number of nitrogens with two attached hydrogens (primary N) is 1. The number of hydrogen-bond acceptors (Lipinski definition) is 4. The molecule has 0 aliphatic carbocycles. The number of rotatable bonds is 13. The lowest BCUT2D eigenvalue weighted by Crippen LogP contribution is -2.37. The van der Waals surface area contributed by atoms with E-state index in [1.807, 2.05) is 36.4 Å². The smallest absolute Gasteiger partial charge is 0.417 e. The molecule has 0 saturated carbocycles. The van der Waals surface area contributed by atoms with Crippen LogP contribution in [0, 0.1) is 0 Å². The molecule has 0 amide bonds. The summed E-state index contributed by atoms with van der Waals surface area (Å²) in [5, 5.41) is -0.257. The van der Waals surface area contributed by atoms with Gasteiger partial charge in [0.25, 0.3) is 0 Å². The Kier molecular flexibility index (Phi) is 11.3. The van der Waals surface area contributed by atoms with Crippen LogP contribution in [0.25, 0.3) is 0 Å². The summed E-state index contributed by atoms with van der Waals surface area (Å²) in [4.78, 5) is 2.38. The van der Waals surface area contributed by atoms with Gasteiger partial charge >= 0.3 is 6.18 Å². The summed E-state index contributed by atoms with van der Waals surface area (Å²) in [6, 6.07) is 22.2. The maximum Gasteiger partial charge on any atom is 0.417 e. The number of benzene rings is 3. The molecule has 40 heavy (non-hydrogen) atoms. The molecule has 1 aliphatic rings. The number of ether oxygens (including phenoxy) is 2. The summed E-state index contributed by atoms with van der Waals surface area (Å²) >= 11 is 6.26. The van der Waals surface area contributed by atoms with Crippen LogP contribution in [-0.4, -0.2) is 50.4 Å². The molecular weight excluding hydrogens is 537 g/mol. The molecule has 4 nitrogen and oxygen atoms in total. The second kappa shape index (κ2) is 14.9. The molecule has 0 spiro atoms. The van der Waals surface area contributed by atoms with Crippen molar-refractivity contribution in [1.82, 2.24) is 4.90 Å². The van der Waals surface area contributed by atoms with Crippen molar-refractivity contribution in [2.45, 2.75) is 50.3 Å². The second-order valence-electron chi connectivity index (χ2n) is 10.3. The Hall–Kier alpha value is -2.58. The highest BCUT2D eigenvalue weighted by molar-refractivity contribution is 6.32. The molecule has 1 aliphatic heterocycles. The van der Waals surface area contributed by atoms with E-state index in [9.17, 15) is 13.2 Å². The Balaban J connectivity index is 1.46. The highest BCUT2D eigenvalue weighted by atomic mass is 35.5. The molecule has 1 saturated heterocycles. The van der Waals surface area contributed by atoms with Gasteiger partial charge in [0.05, 0.1) is 23.8 Å². The lowest BCUT2D eigenvalue weighted by atomic mass is 9.92. The molecule has 0 bridgehead atoms.